The molecule has 0 aliphatic carbocycles. The van der Waals surface area contributed by atoms with Gasteiger partial charge < -0.3 is 5.32 Å². The second kappa shape index (κ2) is 5.35. The number of nitrogens with zero attached hydrogens (tertiary/aromatic N) is 3. The number of aryl methyl sites for hydroxylation is 1. The Morgan fingerprint density at radius 3 is 2.45 bits per heavy atom. The van der Waals surface area contributed by atoms with Crippen LogP contribution >= 0.6 is 0 Å². The highest BCUT2D eigenvalue weighted by Gasteiger charge is 2.14. The molecule has 0 saturated heterocycles. The van der Waals surface area contributed by atoms with E-state index >= 15 is 0 Å². The van der Waals surface area contributed by atoms with Gasteiger partial charge in [0, 0.05) is 11.9 Å². The maximum atomic E-state index is 4.69. The molecule has 0 radical (unpaired) electrons. The minimum absolute atomic E-state index is 0.000191. The van der Waals surface area contributed by atoms with E-state index in [9.17, 15) is 0 Å². The molecule has 0 saturated carbocycles. The summed E-state index contributed by atoms with van der Waals surface area (Å²) in [5.41, 5.74) is 4.81. The molecule has 1 aromatic carbocycles. The first-order valence-corrected chi connectivity index (χ1v) is 6.59. The summed E-state index contributed by atoms with van der Waals surface area (Å²) in [5.74, 6) is 0. The van der Waals surface area contributed by atoms with Gasteiger partial charge in [0.15, 0.2) is 0 Å². The van der Waals surface area contributed by atoms with Crippen LogP contribution in [-0.4, -0.2) is 22.0 Å². The lowest BCUT2D eigenvalue weighted by Crippen LogP contribution is -2.19. The number of aromatic nitrogens is 3. The summed E-state index contributed by atoms with van der Waals surface area (Å²) in [4.78, 5) is 13.5. The first kappa shape index (κ1) is 12.7. The van der Waals surface area contributed by atoms with E-state index in [1.54, 1.807) is 0 Å². The van der Waals surface area contributed by atoms with Gasteiger partial charge >= 0.3 is 0 Å². The van der Waals surface area contributed by atoms with Crippen LogP contribution in [0.15, 0.2) is 48.8 Å². The predicted octanol–water partition coefficient (Wildman–Crippen LogP) is 2.64. The number of hydrogen-bond donors (Lipinski definition) is 1. The van der Waals surface area contributed by atoms with E-state index in [0.29, 0.717) is 0 Å². The fourth-order valence-electron chi connectivity index (χ4n) is 2.25. The van der Waals surface area contributed by atoms with Crippen LogP contribution in [0.25, 0.3) is 11.0 Å². The van der Waals surface area contributed by atoms with E-state index in [0.717, 1.165) is 28.0 Å². The highest BCUT2D eigenvalue weighted by Crippen LogP contribution is 2.20. The maximum absolute atomic E-state index is 4.69. The van der Waals surface area contributed by atoms with Gasteiger partial charge in [0.05, 0.1) is 29.0 Å². The van der Waals surface area contributed by atoms with E-state index in [2.05, 4.69) is 21.4 Å². The van der Waals surface area contributed by atoms with Crippen molar-refractivity contribution in [3.8, 4) is 0 Å². The quantitative estimate of drug-likeness (QED) is 0.790. The lowest BCUT2D eigenvalue weighted by atomic mass is 10.1. The molecule has 2 heterocycles. The van der Waals surface area contributed by atoms with E-state index in [1.165, 1.54) is 0 Å². The van der Waals surface area contributed by atoms with Crippen LogP contribution in [0.5, 0.6) is 0 Å². The molecule has 1 atom stereocenters. The molecular weight excluding hydrogens is 248 g/mol. The van der Waals surface area contributed by atoms with E-state index < -0.39 is 0 Å². The molecule has 0 bridgehead atoms. The number of pyridine rings is 1. The van der Waals surface area contributed by atoms with Crippen molar-refractivity contribution < 1.29 is 0 Å². The Hall–Kier alpha value is -2.33. The summed E-state index contributed by atoms with van der Waals surface area (Å²) in [6.45, 7) is 1.98. The Morgan fingerprint density at radius 1 is 0.950 bits per heavy atom. The zero-order chi connectivity index (χ0) is 13.9. The third-order valence-corrected chi connectivity index (χ3v) is 3.32. The minimum Gasteiger partial charge on any atom is -0.308 e. The van der Waals surface area contributed by atoms with Gasteiger partial charge in [-0.3, -0.25) is 9.97 Å². The minimum atomic E-state index is 0.000191. The molecule has 4 heteroatoms. The molecule has 3 rings (SSSR count). The van der Waals surface area contributed by atoms with Gasteiger partial charge in [-0.2, -0.15) is 0 Å². The largest absolute Gasteiger partial charge is 0.308 e. The van der Waals surface area contributed by atoms with Crippen molar-refractivity contribution in [3.05, 3.63) is 65.7 Å². The summed E-state index contributed by atoms with van der Waals surface area (Å²) in [6.07, 6.45) is 3.71. The van der Waals surface area contributed by atoms with Crippen LogP contribution in [0.4, 0.5) is 0 Å². The van der Waals surface area contributed by atoms with Gasteiger partial charge in [-0.15, -0.1) is 0 Å². The summed E-state index contributed by atoms with van der Waals surface area (Å²) < 4.78 is 0. The highest BCUT2D eigenvalue weighted by molar-refractivity contribution is 5.73. The second-order valence-electron chi connectivity index (χ2n) is 4.74. The van der Waals surface area contributed by atoms with Gasteiger partial charge in [0.2, 0.25) is 0 Å². The van der Waals surface area contributed by atoms with Gasteiger partial charge in [0.1, 0.15) is 0 Å². The first-order valence-electron chi connectivity index (χ1n) is 6.59. The fraction of sp³-hybridized carbons (Fsp3) is 0.188. The molecule has 100 valence electrons. The topological polar surface area (TPSA) is 50.7 Å². The Kier molecular flexibility index (Phi) is 3.39. The lowest BCUT2D eigenvalue weighted by molar-refractivity contribution is 0.667. The molecule has 2 aromatic heterocycles. The molecule has 3 aromatic rings. The standard InChI is InChI=1S/C16H16N4/c1-11-7-8-12(9-18-11)16(17-2)15-10-19-13-5-3-4-6-14(13)20-15/h3-10,16-17H,1-2H3. The van der Waals surface area contributed by atoms with Crippen molar-refractivity contribution in [2.24, 2.45) is 0 Å². The molecule has 0 spiro atoms. The molecule has 0 amide bonds. The third-order valence-electron chi connectivity index (χ3n) is 3.32. The Bertz CT molecular complexity index is 722. The monoisotopic (exact) mass is 264 g/mol. The van der Waals surface area contributed by atoms with Crippen LogP contribution in [0.3, 0.4) is 0 Å². The van der Waals surface area contributed by atoms with E-state index in [-0.39, 0.29) is 6.04 Å². The van der Waals surface area contributed by atoms with Crippen molar-refractivity contribution in [3.63, 3.8) is 0 Å². The highest BCUT2D eigenvalue weighted by atomic mass is 14.9. The Labute approximate surface area is 117 Å². The van der Waals surface area contributed by atoms with Crippen molar-refractivity contribution in [2.75, 3.05) is 7.05 Å². The van der Waals surface area contributed by atoms with Crippen LogP contribution in [0.2, 0.25) is 0 Å². The number of fused-ring (bicyclic) bond motifs is 1. The number of benzene rings is 1. The van der Waals surface area contributed by atoms with E-state index in [1.807, 2.05) is 56.7 Å². The van der Waals surface area contributed by atoms with Crippen LogP contribution in [0.1, 0.15) is 23.0 Å². The summed E-state index contributed by atoms with van der Waals surface area (Å²) in [6, 6.07) is 12.0. The normalized spacial score (nSPS) is 12.5. The third kappa shape index (κ3) is 2.38. The summed E-state index contributed by atoms with van der Waals surface area (Å²) in [7, 11) is 1.92. The average molecular weight is 264 g/mol. The number of hydrogen-bond acceptors (Lipinski definition) is 4. The molecule has 0 fully saturated rings. The van der Waals surface area contributed by atoms with Crippen LogP contribution in [0, 0.1) is 6.92 Å². The SMILES string of the molecule is CNC(c1ccc(C)nc1)c1cnc2ccccc2n1. The zero-order valence-corrected chi connectivity index (χ0v) is 11.5. The molecule has 1 unspecified atom stereocenters. The van der Waals surface area contributed by atoms with Gasteiger partial charge in [0.25, 0.3) is 0 Å². The Morgan fingerprint density at radius 2 is 1.75 bits per heavy atom. The van der Waals surface area contributed by atoms with Crippen LogP contribution < -0.4 is 5.32 Å². The lowest BCUT2D eigenvalue weighted by Gasteiger charge is -2.16. The molecule has 0 aliphatic rings. The van der Waals surface area contributed by atoms with E-state index in [4.69, 9.17) is 4.98 Å². The van der Waals surface area contributed by atoms with Crippen molar-refractivity contribution in [1.29, 1.82) is 0 Å². The number of nitrogens with one attached hydrogen (secondary N) is 1. The van der Waals surface area contributed by atoms with Gasteiger partial charge in [-0.05, 0) is 37.7 Å². The van der Waals surface area contributed by atoms with Crippen molar-refractivity contribution >= 4 is 11.0 Å². The molecule has 20 heavy (non-hydrogen) atoms. The zero-order valence-electron chi connectivity index (χ0n) is 11.5. The molecule has 0 aliphatic heterocycles. The number of para-hydroxylation sites is 2. The smallest absolute Gasteiger partial charge is 0.0890 e. The van der Waals surface area contributed by atoms with Crippen molar-refractivity contribution in [1.82, 2.24) is 20.3 Å². The van der Waals surface area contributed by atoms with Gasteiger partial charge in [-0.25, -0.2) is 4.98 Å². The first-order chi connectivity index (χ1) is 9.78. The van der Waals surface area contributed by atoms with Crippen molar-refractivity contribution in [2.45, 2.75) is 13.0 Å². The average Bonchev–Trinajstić information content (AvgIpc) is 2.50. The molecular formula is C16H16N4. The maximum Gasteiger partial charge on any atom is 0.0890 e. The molecule has 4 nitrogen and oxygen atoms in total. The number of rotatable bonds is 3. The van der Waals surface area contributed by atoms with Crippen LogP contribution in [-0.2, 0) is 0 Å². The Balaban J connectivity index is 2.04. The second-order valence-corrected chi connectivity index (χ2v) is 4.74. The summed E-state index contributed by atoms with van der Waals surface area (Å²) in [5, 5.41) is 3.28. The molecule has 1 N–H and O–H groups in total. The summed E-state index contributed by atoms with van der Waals surface area (Å²) >= 11 is 0. The van der Waals surface area contributed by atoms with Gasteiger partial charge in [-0.1, -0.05) is 18.2 Å². The predicted molar refractivity (Wildman–Crippen MR) is 79.4 cm³/mol. The fourth-order valence-corrected chi connectivity index (χ4v) is 2.25.